The van der Waals surface area contributed by atoms with E-state index < -0.39 is 6.10 Å². The van der Waals surface area contributed by atoms with Gasteiger partial charge in [-0.1, -0.05) is 0 Å². The molecule has 0 aliphatic heterocycles. The first-order chi connectivity index (χ1) is 5.70. The van der Waals surface area contributed by atoms with Gasteiger partial charge in [0.1, 0.15) is 5.69 Å². The van der Waals surface area contributed by atoms with Crippen LogP contribution >= 0.6 is 11.3 Å². The van der Waals surface area contributed by atoms with Crippen molar-refractivity contribution in [2.75, 3.05) is 0 Å². The zero-order valence-electron chi connectivity index (χ0n) is 6.43. The summed E-state index contributed by atoms with van der Waals surface area (Å²) in [6.45, 7) is 1.60. The lowest BCUT2D eigenvalue weighted by atomic mass is 10.3. The highest BCUT2D eigenvalue weighted by Crippen LogP contribution is 2.26. The van der Waals surface area contributed by atoms with Crippen LogP contribution in [0.4, 0.5) is 0 Å². The topological polar surface area (TPSA) is 57.8 Å². The first-order valence-electron chi connectivity index (χ1n) is 3.52. The maximum atomic E-state index is 9.31. The lowest BCUT2D eigenvalue weighted by molar-refractivity contribution is 0.188. The first kappa shape index (κ1) is 7.57. The molecule has 4 nitrogen and oxygen atoms in total. The third-order valence-corrected chi connectivity index (χ3v) is 2.43. The van der Waals surface area contributed by atoms with E-state index in [1.165, 1.54) is 11.3 Å². The van der Waals surface area contributed by atoms with E-state index in [1.807, 2.05) is 5.38 Å². The monoisotopic (exact) mass is 184 g/mol. The molecule has 2 heterocycles. The molecule has 0 aromatic carbocycles. The molecule has 1 atom stereocenters. The maximum Gasteiger partial charge on any atom is 0.236 e. The molecule has 2 N–H and O–H groups in total. The van der Waals surface area contributed by atoms with Gasteiger partial charge in [-0.15, -0.1) is 11.3 Å². The van der Waals surface area contributed by atoms with Crippen LogP contribution in [-0.2, 0) is 0 Å². The van der Waals surface area contributed by atoms with Gasteiger partial charge in [-0.2, -0.15) is 4.98 Å². The average Bonchev–Trinajstić information content (AvgIpc) is 2.44. The van der Waals surface area contributed by atoms with Crippen LogP contribution in [0.1, 0.15) is 18.7 Å². The van der Waals surface area contributed by atoms with Crippen LogP contribution in [-0.4, -0.2) is 19.6 Å². The number of hydrogen-bond acceptors (Lipinski definition) is 4. The number of hydrogen-bond donors (Lipinski definition) is 2. The number of fused-ring (bicyclic) bond motifs is 1. The van der Waals surface area contributed by atoms with Gasteiger partial charge in [0.2, 0.25) is 5.88 Å². The Kier molecular flexibility index (Phi) is 1.55. The van der Waals surface area contributed by atoms with Crippen molar-refractivity contribution in [3.63, 3.8) is 0 Å². The van der Waals surface area contributed by atoms with E-state index in [1.54, 1.807) is 17.5 Å². The van der Waals surface area contributed by atoms with Crippen LogP contribution in [0.15, 0.2) is 11.6 Å². The zero-order valence-corrected chi connectivity index (χ0v) is 7.25. The van der Waals surface area contributed by atoms with Crippen LogP contribution in [0.5, 0.6) is 5.88 Å². The van der Waals surface area contributed by atoms with Crippen molar-refractivity contribution >= 4 is 16.3 Å². The fourth-order valence-electron chi connectivity index (χ4n) is 1.18. The molecule has 0 saturated heterocycles. The second kappa shape index (κ2) is 2.46. The number of rotatable bonds is 1. The highest BCUT2D eigenvalue weighted by Gasteiger charge is 2.15. The largest absolute Gasteiger partial charge is 0.492 e. The fourth-order valence-corrected chi connectivity index (χ4v) is 1.90. The predicted octanol–water partition coefficient (Wildman–Crippen LogP) is 1.15. The van der Waals surface area contributed by atoms with Crippen LogP contribution in [0.25, 0.3) is 4.96 Å². The van der Waals surface area contributed by atoms with Crippen LogP contribution < -0.4 is 0 Å². The van der Waals surface area contributed by atoms with Crippen molar-refractivity contribution in [3.8, 4) is 5.88 Å². The van der Waals surface area contributed by atoms with Crippen molar-refractivity contribution in [3.05, 3.63) is 17.3 Å². The number of imidazole rings is 1. The lowest BCUT2D eigenvalue weighted by Gasteiger charge is -2.01. The number of aliphatic hydroxyl groups is 1. The summed E-state index contributed by atoms with van der Waals surface area (Å²) >= 11 is 1.42. The molecule has 0 aliphatic rings. The summed E-state index contributed by atoms with van der Waals surface area (Å²) < 4.78 is 1.69. The van der Waals surface area contributed by atoms with E-state index in [-0.39, 0.29) is 5.88 Å². The Morgan fingerprint density at radius 1 is 1.67 bits per heavy atom. The number of thiazole rings is 1. The van der Waals surface area contributed by atoms with Gasteiger partial charge in [0.05, 0.1) is 6.10 Å². The van der Waals surface area contributed by atoms with E-state index in [2.05, 4.69) is 4.98 Å². The molecule has 0 radical (unpaired) electrons. The smallest absolute Gasteiger partial charge is 0.236 e. The van der Waals surface area contributed by atoms with E-state index in [0.717, 1.165) is 0 Å². The molecule has 5 heteroatoms. The van der Waals surface area contributed by atoms with Crippen LogP contribution in [0.2, 0.25) is 0 Å². The Labute approximate surface area is 72.7 Å². The SMILES string of the molecule is CC(O)c1c(O)nc2sccn12. The standard InChI is InChI=1S/C7H8N2O2S/c1-4(10)5-6(11)8-7-9(5)2-3-12-7/h2-4,10-11H,1H3. The molecule has 2 aromatic rings. The van der Waals surface area contributed by atoms with Crippen molar-refractivity contribution in [1.29, 1.82) is 0 Å². The molecule has 0 spiro atoms. The van der Waals surface area contributed by atoms with Crippen molar-refractivity contribution < 1.29 is 10.2 Å². The molecule has 64 valence electrons. The van der Waals surface area contributed by atoms with Gasteiger partial charge < -0.3 is 10.2 Å². The zero-order chi connectivity index (χ0) is 8.72. The highest BCUT2D eigenvalue weighted by atomic mass is 32.1. The van der Waals surface area contributed by atoms with Crippen molar-refractivity contribution in [2.45, 2.75) is 13.0 Å². The van der Waals surface area contributed by atoms with Gasteiger partial charge in [-0.25, -0.2) is 0 Å². The number of aliphatic hydroxyl groups excluding tert-OH is 1. The Morgan fingerprint density at radius 2 is 2.42 bits per heavy atom. The molecule has 2 rings (SSSR count). The molecule has 2 aromatic heterocycles. The predicted molar refractivity (Wildman–Crippen MR) is 45.4 cm³/mol. The first-order valence-corrected chi connectivity index (χ1v) is 4.40. The Balaban J connectivity index is 2.76. The molecular weight excluding hydrogens is 176 g/mol. The molecule has 0 fully saturated rings. The molecular formula is C7H8N2O2S. The highest BCUT2D eigenvalue weighted by molar-refractivity contribution is 7.15. The van der Waals surface area contributed by atoms with Crippen molar-refractivity contribution in [2.24, 2.45) is 0 Å². The Bertz CT molecular complexity index is 404. The second-order valence-electron chi connectivity index (χ2n) is 2.55. The van der Waals surface area contributed by atoms with E-state index in [0.29, 0.717) is 10.7 Å². The quantitative estimate of drug-likeness (QED) is 0.699. The summed E-state index contributed by atoms with van der Waals surface area (Å²) in [6, 6.07) is 0. The number of aromatic hydroxyl groups is 1. The molecule has 0 amide bonds. The lowest BCUT2D eigenvalue weighted by Crippen LogP contribution is -1.95. The summed E-state index contributed by atoms with van der Waals surface area (Å²) in [5.74, 6) is -0.0862. The Morgan fingerprint density at radius 3 is 3.08 bits per heavy atom. The van der Waals surface area contributed by atoms with Crippen LogP contribution in [0, 0.1) is 0 Å². The molecule has 12 heavy (non-hydrogen) atoms. The summed E-state index contributed by atoms with van der Waals surface area (Å²) in [5.41, 5.74) is 0.450. The molecule has 0 saturated carbocycles. The normalized spacial score (nSPS) is 13.8. The minimum Gasteiger partial charge on any atom is -0.492 e. The van der Waals surface area contributed by atoms with Gasteiger partial charge >= 0.3 is 0 Å². The molecule has 0 bridgehead atoms. The summed E-state index contributed by atoms with van der Waals surface area (Å²) in [6.07, 6.45) is 1.07. The maximum absolute atomic E-state index is 9.31. The summed E-state index contributed by atoms with van der Waals surface area (Å²) in [7, 11) is 0. The minimum absolute atomic E-state index is 0.0862. The average molecular weight is 184 g/mol. The summed E-state index contributed by atoms with van der Waals surface area (Å²) in [5, 5.41) is 20.5. The van der Waals surface area contributed by atoms with E-state index in [9.17, 15) is 10.2 Å². The second-order valence-corrected chi connectivity index (χ2v) is 3.43. The number of nitrogens with zero attached hydrogens (tertiary/aromatic N) is 2. The van der Waals surface area contributed by atoms with Gasteiger partial charge in [0.25, 0.3) is 0 Å². The third kappa shape index (κ3) is 0.904. The number of aromatic nitrogens is 2. The minimum atomic E-state index is -0.699. The van der Waals surface area contributed by atoms with E-state index >= 15 is 0 Å². The molecule has 1 unspecified atom stereocenters. The Hall–Kier alpha value is -1.07. The van der Waals surface area contributed by atoms with Gasteiger partial charge in [0, 0.05) is 11.6 Å². The van der Waals surface area contributed by atoms with Gasteiger partial charge in [0.15, 0.2) is 4.96 Å². The molecule has 0 aliphatic carbocycles. The fraction of sp³-hybridized carbons (Fsp3) is 0.286. The van der Waals surface area contributed by atoms with E-state index in [4.69, 9.17) is 0 Å². The van der Waals surface area contributed by atoms with Crippen molar-refractivity contribution in [1.82, 2.24) is 9.38 Å². The van der Waals surface area contributed by atoms with Crippen LogP contribution in [0.3, 0.4) is 0 Å². The summed E-state index contributed by atoms with van der Waals surface area (Å²) in [4.78, 5) is 4.57. The third-order valence-electron chi connectivity index (χ3n) is 1.68. The van der Waals surface area contributed by atoms with Gasteiger partial charge in [-0.05, 0) is 6.92 Å². The van der Waals surface area contributed by atoms with Gasteiger partial charge in [-0.3, -0.25) is 4.40 Å².